The van der Waals surface area contributed by atoms with Crippen molar-refractivity contribution in [2.45, 2.75) is 37.5 Å². The summed E-state index contributed by atoms with van der Waals surface area (Å²) < 4.78 is 16.3. The Kier molecular flexibility index (Phi) is 7.67. The molecule has 0 spiro atoms. The number of carbonyl (C=O) groups is 3. The van der Waals surface area contributed by atoms with Crippen LogP contribution in [-0.4, -0.2) is 68.2 Å². The highest BCUT2D eigenvalue weighted by Gasteiger charge is 2.33. The summed E-state index contributed by atoms with van der Waals surface area (Å²) >= 11 is 0. The molecule has 0 bridgehead atoms. The minimum absolute atomic E-state index is 0.0954. The quantitative estimate of drug-likeness (QED) is 0.502. The smallest absolute Gasteiger partial charge is 0.407 e. The fraction of sp³-hybridized carbons (Fsp3) is 0.423. The summed E-state index contributed by atoms with van der Waals surface area (Å²) in [7, 11) is 1.45. The monoisotopic (exact) mass is 482 g/mol. The van der Waals surface area contributed by atoms with Gasteiger partial charge in [0.15, 0.2) is 0 Å². The number of rotatable bonds is 9. The number of carbonyl (C=O) groups excluding carboxylic acids is 2. The van der Waals surface area contributed by atoms with Crippen molar-refractivity contribution in [3.8, 4) is 11.1 Å². The number of amides is 2. The largest absolute Gasteiger partial charge is 0.481 e. The molecule has 4 rings (SSSR count). The van der Waals surface area contributed by atoms with E-state index in [4.69, 9.17) is 19.3 Å². The van der Waals surface area contributed by atoms with Crippen molar-refractivity contribution in [2.75, 3.05) is 26.9 Å². The van der Waals surface area contributed by atoms with Gasteiger partial charge in [-0.25, -0.2) is 4.79 Å². The molecule has 1 aliphatic heterocycles. The van der Waals surface area contributed by atoms with Gasteiger partial charge in [0.05, 0.1) is 24.7 Å². The molecule has 2 aromatic rings. The van der Waals surface area contributed by atoms with E-state index in [0.29, 0.717) is 6.42 Å². The Bertz CT molecular complexity index is 1040. The van der Waals surface area contributed by atoms with E-state index in [-0.39, 0.29) is 25.7 Å². The van der Waals surface area contributed by atoms with Crippen LogP contribution in [0.25, 0.3) is 11.1 Å². The van der Waals surface area contributed by atoms with E-state index in [1.807, 2.05) is 36.4 Å². The third-order valence-electron chi connectivity index (χ3n) is 6.67. The summed E-state index contributed by atoms with van der Waals surface area (Å²) in [6.07, 6.45) is -1.42. The second-order valence-electron chi connectivity index (χ2n) is 8.86. The van der Waals surface area contributed by atoms with Crippen LogP contribution < -0.4 is 10.6 Å². The lowest BCUT2D eigenvalue weighted by Crippen LogP contribution is -2.54. The van der Waals surface area contributed by atoms with E-state index in [9.17, 15) is 14.4 Å². The van der Waals surface area contributed by atoms with Gasteiger partial charge in [-0.15, -0.1) is 0 Å². The Morgan fingerprint density at radius 3 is 2.29 bits per heavy atom. The molecule has 0 saturated carbocycles. The van der Waals surface area contributed by atoms with Crippen LogP contribution in [-0.2, 0) is 23.8 Å². The zero-order valence-electron chi connectivity index (χ0n) is 19.7. The molecule has 1 fully saturated rings. The molecule has 35 heavy (non-hydrogen) atoms. The van der Waals surface area contributed by atoms with E-state index in [1.165, 1.54) is 7.11 Å². The minimum Gasteiger partial charge on any atom is -0.481 e. The number of fused-ring (bicyclic) bond motifs is 3. The predicted octanol–water partition coefficient (Wildman–Crippen LogP) is 2.53. The van der Waals surface area contributed by atoms with E-state index in [1.54, 1.807) is 6.92 Å². The first-order valence-corrected chi connectivity index (χ1v) is 11.7. The van der Waals surface area contributed by atoms with Crippen molar-refractivity contribution < 1.29 is 33.7 Å². The third-order valence-corrected chi connectivity index (χ3v) is 6.67. The summed E-state index contributed by atoms with van der Waals surface area (Å²) in [5.41, 5.74) is 4.44. The Balaban J connectivity index is 1.34. The van der Waals surface area contributed by atoms with Crippen LogP contribution >= 0.6 is 0 Å². The third kappa shape index (κ3) is 5.47. The fourth-order valence-corrected chi connectivity index (χ4v) is 4.64. The molecule has 3 N–H and O–H groups in total. The maximum Gasteiger partial charge on any atom is 0.407 e. The standard InChI is InChI=1S/C26H30N2O7/c1-15(33-2)23(24(29)27-12-17-11-16(13-34-17)25(30)31)28-26(32)35-14-22-20-9-5-3-7-18(20)19-8-4-6-10-21(19)22/h3-10,15-17,22-23H,11-14H2,1-2H3,(H,27,29)(H,28,32)(H,30,31). The van der Waals surface area contributed by atoms with Gasteiger partial charge in [-0.3, -0.25) is 9.59 Å². The number of nitrogens with one attached hydrogen (secondary N) is 2. The molecule has 4 unspecified atom stereocenters. The molecule has 9 nitrogen and oxygen atoms in total. The maximum atomic E-state index is 12.8. The lowest BCUT2D eigenvalue weighted by Gasteiger charge is -2.24. The van der Waals surface area contributed by atoms with Gasteiger partial charge in [0.25, 0.3) is 0 Å². The summed E-state index contributed by atoms with van der Waals surface area (Å²) in [6, 6.07) is 15.1. The Labute approximate surface area is 203 Å². The minimum atomic E-state index is -0.993. The number of aliphatic carboxylic acids is 1. The Morgan fingerprint density at radius 2 is 1.71 bits per heavy atom. The molecule has 2 aliphatic rings. The number of carboxylic acid groups (broad SMARTS) is 1. The average Bonchev–Trinajstić information content (AvgIpc) is 3.47. The lowest BCUT2D eigenvalue weighted by atomic mass is 9.98. The zero-order chi connectivity index (χ0) is 24.9. The molecule has 9 heteroatoms. The predicted molar refractivity (Wildman–Crippen MR) is 127 cm³/mol. The summed E-state index contributed by atoms with van der Waals surface area (Å²) in [5.74, 6) is -2.05. The van der Waals surface area contributed by atoms with Gasteiger partial charge < -0.3 is 30.0 Å². The van der Waals surface area contributed by atoms with Crippen molar-refractivity contribution in [1.29, 1.82) is 0 Å². The normalized spacial score (nSPS) is 20.4. The second-order valence-corrected chi connectivity index (χ2v) is 8.86. The van der Waals surface area contributed by atoms with Crippen LogP contribution in [0.2, 0.25) is 0 Å². The first kappa shape index (κ1) is 24.7. The Morgan fingerprint density at radius 1 is 1.09 bits per heavy atom. The average molecular weight is 483 g/mol. The van der Waals surface area contributed by atoms with E-state index < -0.39 is 42.1 Å². The highest BCUT2D eigenvalue weighted by atomic mass is 16.5. The van der Waals surface area contributed by atoms with Crippen LogP contribution in [0.1, 0.15) is 30.4 Å². The number of benzene rings is 2. The van der Waals surface area contributed by atoms with Crippen molar-refractivity contribution >= 4 is 18.0 Å². The molecule has 1 aliphatic carbocycles. The summed E-state index contributed by atoms with van der Waals surface area (Å²) in [5, 5.41) is 14.4. The number of carboxylic acids is 1. The van der Waals surface area contributed by atoms with Gasteiger partial charge >= 0.3 is 12.1 Å². The summed E-state index contributed by atoms with van der Waals surface area (Å²) in [6.45, 7) is 2.05. The molecule has 4 atom stereocenters. The molecule has 0 aromatic heterocycles. The first-order valence-electron chi connectivity index (χ1n) is 11.7. The fourth-order valence-electron chi connectivity index (χ4n) is 4.64. The SMILES string of the molecule is COC(C)C(NC(=O)OCC1c2ccccc2-c2ccccc21)C(=O)NCC1CC(C(=O)O)CO1. The van der Waals surface area contributed by atoms with Gasteiger partial charge in [0, 0.05) is 19.6 Å². The van der Waals surface area contributed by atoms with E-state index >= 15 is 0 Å². The second kappa shape index (κ2) is 10.9. The van der Waals surface area contributed by atoms with Gasteiger partial charge in [-0.1, -0.05) is 48.5 Å². The molecule has 1 saturated heterocycles. The number of alkyl carbamates (subject to hydrolysis) is 1. The van der Waals surface area contributed by atoms with Crippen molar-refractivity contribution in [3.63, 3.8) is 0 Å². The first-order chi connectivity index (χ1) is 16.9. The number of hydrogen-bond acceptors (Lipinski definition) is 6. The number of ether oxygens (including phenoxy) is 3. The molecule has 2 aromatic carbocycles. The molecule has 2 amide bonds. The summed E-state index contributed by atoms with van der Waals surface area (Å²) in [4.78, 5) is 36.6. The van der Waals surface area contributed by atoms with Gasteiger partial charge in [0.2, 0.25) is 5.91 Å². The van der Waals surface area contributed by atoms with Crippen LogP contribution in [0.4, 0.5) is 4.79 Å². The number of hydrogen-bond donors (Lipinski definition) is 3. The Hall–Kier alpha value is -3.43. The molecule has 186 valence electrons. The van der Waals surface area contributed by atoms with Crippen LogP contribution in [0.15, 0.2) is 48.5 Å². The molecular weight excluding hydrogens is 452 g/mol. The van der Waals surface area contributed by atoms with Gasteiger partial charge in [-0.05, 0) is 35.6 Å². The highest BCUT2D eigenvalue weighted by molar-refractivity contribution is 5.86. The zero-order valence-corrected chi connectivity index (χ0v) is 19.7. The maximum absolute atomic E-state index is 12.8. The van der Waals surface area contributed by atoms with Crippen LogP contribution in [0.3, 0.4) is 0 Å². The van der Waals surface area contributed by atoms with E-state index in [2.05, 4.69) is 22.8 Å². The van der Waals surface area contributed by atoms with E-state index in [0.717, 1.165) is 22.3 Å². The van der Waals surface area contributed by atoms with Crippen molar-refractivity contribution in [2.24, 2.45) is 5.92 Å². The van der Waals surface area contributed by atoms with Crippen LogP contribution in [0, 0.1) is 5.92 Å². The topological polar surface area (TPSA) is 123 Å². The van der Waals surface area contributed by atoms with Crippen molar-refractivity contribution in [3.05, 3.63) is 59.7 Å². The number of methoxy groups -OCH3 is 1. The molecule has 1 heterocycles. The van der Waals surface area contributed by atoms with Gasteiger partial charge in [0.1, 0.15) is 12.6 Å². The van der Waals surface area contributed by atoms with Crippen LogP contribution in [0.5, 0.6) is 0 Å². The lowest BCUT2D eigenvalue weighted by molar-refractivity contribution is -0.141. The molecular formula is C26H30N2O7. The van der Waals surface area contributed by atoms with Gasteiger partial charge in [-0.2, -0.15) is 0 Å². The van der Waals surface area contributed by atoms with Crippen molar-refractivity contribution in [1.82, 2.24) is 10.6 Å². The highest BCUT2D eigenvalue weighted by Crippen LogP contribution is 2.44. The molecule has 0 radical (unpaired) electrons.